The molecule has 5 nitrogen and oxygen atoms in total. The van der Waals surface area contributed by atoms with E-state index in [1.54, 1.807) is 25.2 Å². The fourth-order valence-corrected chi connectivity index (χ4v) is 3.69. The van der Waals surface area contributed by atoms with E-state index in [2.05, 4.69) is 10.4 Å². The molecule has 23 heavy (non-hydrogen) atoms. The predicted molar refractivity (Wildman–Crippen MR) is 83.5 cm³/mol. The summed E-state index contributed by atoms with van der Waals surface area (Å²) in [5, 5.41) is 1.49. The zero-order chi connectivity index (χ0) is 16.3. The number of hydrazine groups is 1. The Hall–Kier alpha value is -1.82. The summed E-state index contributed by atoms with van der Waals surface area (Å²) in [6, 6.07) is 6.54. The maximum atomic E-state index is 12.5. The van der Waals surface area contributed by atoms with Crippen LogP contribution in [0.2, 0.25) is 0 Å². The zero-order valence-corrected chi connectivity index (χ0v) is 13.4. The molecule has 0 aromatic heterocycles. The van der Waals surface area contributed by atoms with E-state index in [0.29, 0.717) is 11.7 Å². The fraction of sp³-hybridized carbons (Fsp3) is 0.588. The Morgan fingerprint density at radius 3 is 2.57 bits per heavy atom. The van der Waals surface area contributed by atoms with E-state index >= 15 is 0 Å². The molecule has 1 aliphatic heterocycles. The van der Waals surface area contributed by atoms with Crippen molar-refractivity contribution in [2.75, 3.05) is 13.7 Å². The first-order valence-corrected chi connectivity index (χ1v) is 8.21. The van der Waals surface area contributed by atoms with Gasteiger partial charge in [-0.15, -0.1) is 0 Å². The van der Waals surface area contributed by atoms with Gasteiger partial charge in [0.1, 0.15) is 6.61 Å². The number of hydrogen-bond donors (Lipinski definition) is 1. The second kappa shape index (κ2) is 6.74. The lowest BCUT2D eigenvalue weighted by atomic mass is 9.78. The number of rotatable bonds is 6. The SMILES string of the molecule is CN1NC(COc2ccccc2OF)(CC2CCCCC2)C1=O. The number of carbonyl (C=O) groups excluding carboxylic acids is 1. The first kappa shape index (κ1) is 16.1. The van der Waals surface area contributed by atoms with E-state index in [1.807, 2.05) is 0 Å². The highest BCUT2D eigenvalue weighted by atomic mass is 19.3. The van der Waals surface area contributed by atoms with Gasteiger partial charge < -0.3 is 4.74 Å². The third kappa shape index (κ3) is 3.27. The number of nitrogens with one attached hydrogen (secondary N) is 1. The van der Waals surface area contributed by atoms with Gasteiger partial charge in [0.2, 0.25) is 5.75 Å². The van der Waals surface area contributed by atoms with Crippen molar-refractivity contribution in [3.8, 4) is 11.5 Å². The molecule has 0 radical (unpaired) electrons. The molecule has 1 atom stereocenters. The first-order valence-electron chi connectivity index (χ1n) is 8.21. The summed E-state index contributed by atoms with van der Waals surface area (Å²) < 4.78 is 18.3. The Morgan fingerprint density at radius 1 is 1.26 bits per heavy atom. The lowest BCUT2D eigenvalue weighted by Gasteiger charge is -2.49. The quantitative estimate of drug-likeness (QED) is 0.875. The summed E-state index contributed by atoms with van der Waals surface area (Å²) in [7, 11) is 1.71. The number of para-hydroxylation sites is 2. The molecule has 1 aliphatic carbocycles. The molecule has 6 heteroatoms. The Morgan fingerprint density at radius 2 is 1.96 bits per heavy atom. The van der Waals surface area contributed by atoms with Crippen LogP contribution < -0.4 is 15.1 Å². The van der Waals surface area contributed by atoms with Crippen molar-refractivity contribution in [2.45, 2.75) is 44.1 Å². The smallest absolute Gasteiger partial charge is 0.262 e. The van der Waals surface area contributed by atoms with Crippen LogP contribution in [-0.4, -0.2) is 30.1 Å². The minimum absolute atomic E-state index is 0.0282. The van der Waals surface area contributed by atoms with Crippen molar-refractivity contribution in [2.24, 2.45) is 5.92 Å². The summed E-state index contributed by atoms with van der Waals surface area (Å²) >= 11 is 0. The molecule has 1 N–H and O–H groups in total. The van der Waals surface area contributed by atoms with Crippen LogP contribution in [0.1, 0.15) is 38.5 Å². The molecule has 0 spiro atoms. The zero-order valence-electron chi connectivity index (χ0n) is 13.4. The molecular weight excluding hydrogens is 299 g/mol. The lowest BCUT2D eigenvalue weighted by molar-refractivity contribution is -0.166. The highest BCUT2D eigenvalue weighted by Crippen LogP contribution is 2.36. The van der Waals surface area contributed by atoms with Crippen LogP contribution in [0.15, 0.2) is 24.3 Å². The number of amides is 1. The van der Waals surface area contributed by atoms with Gasteiger partial charge in [-0.3, -0.25) is 14.7 Å². The largest absolute Gasteiger partial charge is 0.487 e. The molecule has 1 aromatic rings. The van der Waals surface area contributed by atoms with Crippen molar-refractivity contribution in [3.63, 3.8) is 0 Å². The molecule has 2 fully saturated rings. The number of likely N-dealkylation sites (N-methyl/N-ethyl adjacent to an activating group) is 1. The molecule has 1 heterocycles. The third-order valence-corrected chi connectivity index (χ3v) is 4.86. The molecule has 1 unspecified atom stereocenters. The van der Waals surface area contributed by atoms with Crippen LogP contribution in [-0.2, 0) is 4.79 Å². The normalized spacial score (nSPS) is 25.1. The van der Waals surface area contributed by atoms with Crippen LogP contribution >= 0.6 is 0 Å². The van der Waals surface area contributed by atoms with E-state index in [0.717, 1.165) is 19.3 Å². The van der Waals surface area contributed by atoms with Gasteiger partial charge >= 0.3 is 0 Å². The summed E-state index contributed by atoms with van der Waals surface area (Å²) in [6.45, 7) is 0.174. The van der Waals surface area contributed by atoms with Gasteiger partial charge in [0.25, 0.3) is 5.91 Å². The first-order chi connectivity index (χ1) is 11.1. The fourth-order valence-electron chi connectivity index (χ4n) is 3.69. The van der Waals surface area contributed by atoms with Crippen LogP contribution in [0.4, 0.5) is 4.53 Å². The highest BCUT2D eigenvalue weighted by molar-refractivity contribution is 5.91. The van der Waals surface area contributed by atoms with Gasteiger partial charge in [-0.1, -0.05) is 44.2 Å². The van der Waals surface area contributed by atoms with Crippen molar-refractivity contribution in [1.29, 1.82) is 0 Å². The van der Waals surface area contributed by atoms with Crippen LogP contribution in [0.25, 0.3) is 0 Å². The van der Waals surface area contributed by atoms with Gasteiger partial charge in [0.05, 0.1) is 0 Å². The molecule has 2 aliphatic rings. The molecule has 0 bridgehead atoms. The van der Waals surface area contributed by atoms with Crippen molar-refractivity contribution in [3.05, 3.63) is 24.3 Å². The van der Waals surface area contributed by atoms with Crippen LogP contribution in [0.3, 0.4) is 0 Å². The number of benzene rings is 1. The maximum absolute atomic E-state index is 12.5. The highest BCUT2D eigenvalue weighted by Gasteiger charge is 2.52. The molecular formula is C17H23FN2O3. The summed E-state index contributed by atoms with van der Waals surface area (Å²) in [6.07, 6.45) is 6.81. The average Bonchev–Trinajstić information content (AvgIpc) is 2.60. The van der Waals surface area contributed by atoms with Gasteiger partial charge in [-0.05, 0) is 24.5 Å². The Bertz CT molecular complexity index is 563. The van der Waals surface area contributed by atoms with E-state index in [-0.39, 0.29) is 18.3 Å². The van der Waals surface area contributed by atoms with E-state index in [4.69, 9.17) is 4.74 Å². The number of carbonyl (C=O) groups is 1. The second-order valence-electron chi connectivity index (χ2n) is 6.58. The molecule has 1 aromatic carbocycles. The van der Waals surface area contributed by atoms with Crippen molar-refractivity contribution in [1.82, 2.24) is 10.4 Å². The van der Waals surface area contributed by atoms with Crippen LogP contribution in [0.5, 0.6) is 11.5 Å². The minimum atomic E-state index is -0.708. The van der Waals surface area contributed by atoms with E-state index in [1.165, 1.54) is 30.3 Å². The number of ether oxygens (including phenoxy) is 1. The van der Waals surface area contributed by atoms with Crippen molar-refractivity contribution < 1.29 is 19.0 Å². The Kier molecular flexibility index (Phi) is 4.71. The van der Waals surface area contributed by atoms with E-state index < -0.39 is 5.54 Å². The monoisotopic (exact) mass is 322 g/mol. The lowest BCUT2D eigenvalue weighted by Crippen LogP contribution is -2.77. The number of halogens is 1. The third-order valence-electron chi connectivity index (χ3n) is 4.86. The number of nitrogens with zero attached hydrogens (tertiary/aromatic N) is 1. The van der Waals surface area contributed by atoms with Gasteiger partial charge in [0.15, 0.2) is 11.3 Å². The standard InChI is InChI=1S/C17H23FN2O3/c1-20-16(21)17(19-20,11-13-7-3-2-4-8-13)12-22-14-9-5-6-10-15(14)23-18/h5-6,9-10,13,19H,2-4,7-8,11-12H2,1H3. The summed E-state index contributed by atoms with van der Waals surface area (Å²) in [4.78, 5) is 16.2. The Balaban J connectivity index is 1.68. The molecule has 1 saturated carbocycles. The molecule has 1 saturated heterocycles. The summed E-state index contributed by atoms with van der Waals surface area (Å²) in [5.74, 6) is 0.898. The molecule has 3 rings (SSSR count). The predicted octanol–water partition coefficient (Wildman–Crippen LogP) is 3.01. The van der Waals surface area contributed by atoms with Gasteiger partial charge in [0, 0.05) is 11.6 Å². The summed E-state index contributed by atoms with van der Waals surface area (Å²) in [5.41, 5.74) is 2.48. The minimum Gasteiger partial charge on any atom is -0.487 e. The van der Waals surface area contributed by atoms with E-state index in [9.17, 15) is 9.32 Å². The molecule has 1 amide bonds. The maximum Gasteiger partial charge on any atom is 0.262 e. The Labute approximate surface area is 135 Å². The van der Waals surface area contributed by atoms with Gasteiger partial charge in [-0.25, -0.2) is 5.43 Å². The average molecular weight is 322 g/mol. The topological polar surface area (TPSA) is 50.8 Å². The van der Waals surface area contributed by atoms with Gasteiger partial charge in [-0.2, -0.15) is 0 Å². The van der Waals surface area contributed by atoms with Crippen molar-refractivity contribution >= 4 is 5.91 Å². The van der Waals surface area contributed by atoms with Crippen LogP contribution in [0, 0.1) is 5.92 Å². The number of hydrogen-bond acceptors (Lipinski definition) is 4. The molecule has 126 valence electrons. The second-order valence-corrected chi connectivity index (χ2v) is 6.58.